The van der Waals surface area contributed by atoms with E-state index in [2.05, 4.69) is 10.3 Å². The zero-order valence-electron chi connectivity index (χ0n) is 13.8. The minimum Gasteiger partial charge on any atom is -0.351 e. The van der Waals surface area contributed by atoms with Crippen LogP contribution in [0.3, 0.4) is 0 Å². The fourth-order valence-electron chi connectivity index (χ4n) is 2.94. The Labute approximate surface area is 159 Å². The Morgan fingerprint density at radius 1 is 1.20 bits per heavy atom. The summed E-state index contributed by atoms with van der Waals surface area (Å²) in [6.45, 7) is 0.662. The number of carbonyl (C=O) groups excluding carboxylic acids is 1. The van der Waals surface area contributed by atoms with Gasteiger partial charge in [0.1, 0.15) is 10.7 Å². The third-order valence-corrected chi connectivity index (χ3v) is 7.31. The number of hydrogen-bond acceptors (Lipinski definition) is 6. The molecule has 1 amide bonds. The molecule has 0 saturated heterocycles. The van der Waals surface area contributed by atoms with Crippen LogP contribution in [0.15, 0.2) is 22.9 Å². The molecule has 4 nitrogen and oxygen atoms in total. The van der Waals surface area contributed by atoms with Crippen molar-refractivity contribution in [2.24, 2.45) is 0 Å². The maximum Gasteiger partial charge on any atom is 0.270 e. The molecular weight excluding hydrogens is 370 g/mol. The quantitative estimate of drug-likeness (QED) is 0.628. The molecule has 0 unspecified atom stereocenters. The topological polar surface area (TPSA) is 54.9 Å². The summed E-state index contributed by atoms with van der Waals surface area (Å²) in [4.78, 5) is 24.0. The summed E-state index contributed by atoms with van der Waals surface area (Å²) in [5.41, 5.74) is 1.83. The lowest BCUT2D eigenvalue weighted by molar-refractivity contribution is 0.0949. The molecule has 0 aliphatic heterocycles. The van der Waals surface area contributed by atoms with E-state index in [1.807, 2.05) is 34.2 Å². The molecule has 0 saturated carbocycles. The summed E-state index contributed by atoms with van der Waals surface area (Å²) in [5.74, 6) is -0.0857. The predicted octanol–water partition coefficient (Wildman–Crippen LogP) is 4.57. The van der Waals surface area contributed by atoms with Crippen LogP contribution >= 0.6 is 34.0 Å². The van der Waals surface area contributed by atoms with E-state index >= 15 is 0 Å². The third-order valence-electron chi connectivity index (χ3n) is 4.21. The van der Waals surface area contributed by atoms with E-state index in [1.54, 1.807) is 11.3 Å². The minimum atomic E-state index is -0.0857. The van der Waals surface area contributed by atoms with E-state index in [1.165, 1.54) is 46.2 Å². The minimum absolute atomic E-state index is 0.0857. The van der Waals surface area contributed by atoms with Crippen molar-refractivity contribution < 1.29 is 4.79 Å². The highest BCUT2D eigenvalue weighted by atomic mass is 32.1. The zero-order valence-corrected chi connectivity index (χ0v) is 16.2. The van der Waals surface area contributed by atoms with Gasteiger partial charge in [0.05, 0.1) is 15.6 Å². The van der Waals surface area contributed by atoms with Crippen LogP contribution in [0.4, 0.5) is 0 Å². The molecule has 1 aliphatic rings. The molecule has 1 N–H and O–H groups in total. The predicted molar refractivity (Wildman–Crippen MR) is 105 cm³/mol. The first-order valence-corrected chi connectivity index (χ1v) is 11.1. The van der Waals surface area contributed by atoms with Crippen molar-refractivity contribution in [2.45, 2.75) is 38.5 Å². The van der Waals surface area contributed by atoms with E-state index in [9.17, 15) is 4.79 Å². The van der Waals surface area contributed by atoms with Gasteiger partial charge in [-0.1, -0.05) is 6.07 Å². The molecule has 3 heterocycles. The normalized spacial score (nSPS) is 13.6. The van der Waals surface area contributed by atoms with Crippen molar-refractivity contribution in [1.29, 1.82) is 0 Å². The SMILES string of the molecule is O=C(NCCCc1nc2c(s1)CCCC2)c1csc(-c2cccs2)n1. The molecular formula is C18H19N3OS3. The third kappa shape index (κ3) is 3.99. The second kappa shape index (κ2) is 7.76. The summed E-state index contributed by atoms with van der Waals surface area (Å²) in [6.07, 6.45) is 6.76. The molecule has 25 heavy (non-hydrogen) atoms. The fraction of sp³-hybridized carbons (Fsp3) is 0.389. The van der Waals surface area contributed by atoms with Crippen molar-refractivity contribution >= 4 is 39.9 Å². The van der Waals surface area contributed by atoms with E-state index < -0.39 is 0 Å². The Morgan fingerprint density at radius 2 is 2.12 bits per heavy atom. The summed E-state index contributed by atoms with van der Waals surface area (Å²) in [7, 11) is 0. The largest absolute Gasteiger partial charge is 0.351 e. The van der Waals surface area contributed by atoms with Crippen LogP contribution < -0.4 is 5.32 Å². The molecule has 0 radical (unpaired) electrons. The molecule has 1 aliphatic carbocycles. The van der Waals surface area contributed by atoms with Gasteiger partial charge >= 0.3 is 0 Å². The van der Waals surface area contributed by atoms with Gasteiger partial charge in [0, 0.05) is 23.2 Å². The van der Waals surface area contributed by atoms with Crippen LogP contribution in [0.1, 0.15) is 45.3 Å². The fourth-order valence-corrected chi connectivity index (χ4v) is 5.75. The maximum atomic E-state index is 12.2. The highest BCUT2D eigenvalue weighted by Crippen LogP contribution is 2.28. The van der Waals surface area contributed by atoms with E-state index in [0.29, 0.717) is 12.2 Å². The number of nitrogens with zero attached hydrogens (tertiary/aromatic N) is 2. The number of aryl methyl sites for hydroxylation is 3. The molecule has 0 bridgehead atoms. The van der Waals surface area contributed by atoms with Gasteiger partial charge in [0.15, 0.2) is 0 Å². The lowest BCUT2D eigenvalue weighted by Crippen LogP contribution is -2.25. The first kappa shape index (κ1) is 16.9. The monoisotopic (exact) mass is 389 g/mol. The smallest absolute Gasteiger partial charge is 0.270 e. The summed E-state index contributed by atoms with van der Waals surface area (Å²) < 4.78 is 0. The number of carbonyl (C=O) groups is 1. The van der Waals surface area contributed by atoms with Crippen molar-refractivity contribution in [3.05, 3.63) is 44.2 Å². The number of nitrogens with one attached hydrogen (secondary N) is 1. The van der Waals surface area contributed by atoms with Gasteiger partial charge < -0.3 is 5.32 Å². The van der Waals surface area contributed by atoms with Crippen LogP contribution in [-0.2, 0) is 19.3 Å². The Kier molecular flexibility index (Phi) is 5.24. The van der Waals surface area contributed by atoms with Gasteiger partial charge in [-0.3, -0.25) is 4.79 Å². The Bertz CT molecular complexity index is 827. The van der Waals surface area contributed by atoms with Crippen LogP contribution in [0.5, 0.6) is 0 Å². The molecule has 0 fully saturated rings. The van der Waals surface area contributed by atoms with E-state index in [0.717, 1.165) is 29.1 Å². The van der Waals surface area contributed by atoms with E-state index in [4.69, 9.17) is 4.98 Å². The molecule has 0 atom stereocenters. The number of rotatable bonds is 6. The molecule has 130 valence electrons. The van der Waals surface area contributed by atoms with Crippen molar-refractivity contribution in [2.75, 3.05) is 6.54 Å². The molecule has 0 spiro atoms. The molecule has 7 heteroatoms. The Morgan fingerprint density at radius 3 is 2.96 bits per heavy atom. The second-order valence-corrected chi connectivity index (χ2v) is 9.03. The second-order valence-electron chi connectivity index (χ2n) is 6.06. The van der Waals surface area contributed by atoms with Gasteiger partial charge in [-0.15, -0.1) is 34.0 Å². The van der Waals surface area contributed by atoms with Crippen molar-refractivity contribution in [1.82, 2.24) is 15.3 Å². The summed E-state index contributed by atoms with van der Waals surface area (Å²) in [6, 6.07) is 4.02. The summed E-state index contributed by atoms with van der Waals surface area (Å²) >= 11 is 5.02. The lowest BCUT2D eigenvalue weighted by Gasteiger charge is -2.06. The number of aromatic nitrogens is 2. The molecule has 3 aromatic rings. The van der Waals surface area contributed by atoms with Crippen LogP contribution in [0.25, 0.3) is 9.88 Å². The Balaban J connectivity index is 1.26. The average molecular weight is 390 g/mol. The van der Waals surface area contributed by atoms with Gasteiger partial charge in [0.25, 0.3) is 5.91 Å². The van der Waals surface area contributed by atoms with Crippen LogP contribution in [0.2, 0.25) is 0 Å². The zero-order chi connectivity index (χ0) is 17.1. The lowest BCUT2D eigenvalue weighted by atomic mass is 10.0. The number of hydrogen-bond donors (Lipinski definition) is 1. The number of amides is 1. The van der Waals surface area contributed by atoms with E-state index in [-0.39, 0.29) is 5.91 Å². The maximum absolute atomic E-state index is 12.2. The van der Waals surface area contributed by atoms with Crippen molar-refractivity contribution in [3.63, 3.8) is 0 Å². The number of thiophene rings is 1. The molecule has 0 aromatic carbocycles. The van der Waals surface area contributed by atoms with Crippen LogP contribution in [-0.4, -0.2) is 22.4 Å². The first-order chi connectivity index (χ1) is 12.3. The van der Waals surface area contributed by atoms with Gasteiger partial charge in [0.2, 0.25) is 0 Å². The van der Waals surface area contributed by atoms with Gasteiger partial charge in [-0.2, -0.15) is 0 Å². The van der Waals surface area contributed by atoms with Crippen LogP contribution in [0, 0.1) is 0 Å². The molecule has 3 aromatic heterocycles. The average Bonchev–Trinajstić information content (AvgIpc) is 3.37. The van der Waals surface area contributed by atoms with Gasteiger partial charge in [-0.25, -0.2) is 9.97 Å². The number of thiazole rings is 2. The number of fused-ring (bicyclic) bond motifs is 1. The highest BCUT2D eigenvalue weighted by Gasteiger charge is 2.15. The Hall–Kier alpha value is -1.57. The standard InChI is InChI=1S/C18H19N3OS3/c22-17(13-11-24-18(21-13)15-7-4-10-23-15)19-9-3-8-16-20-12-5-1-2-6-14(12)25-16/h4,7,10-11H,1-3,5-6,8-9H2,(H,19,22). The highest BCUT2D eigenvalue weighted by molar-refractivity contribution is 7.20. The summed E-state index contributed by atoms with van der Waals surface area (Å²) in [5, 5.41) is 8.96. The first-order valence-electron chi connectivity index (χ1n) is 8.54. The van der Waals surface area contributed by atoms with Crippen molar-refractivity contribution in [3.8, 4) is 9.88 Å². The van der Waals surface area contributed by atoms with Gasteiger partial charge in [-0.05, 0) is 43.6 Å². The molecule has 4 rings (SSSR count).